The Bertz CT molecular complexity index is 1160. The topological polar surface area (TPSA) is 94.5 Å². The van der Waals surface area contributed by atoms with Crippen LogP contribution >= 0.6 is 0 Å². The molecule has 1 fully saturated rings. The molecule has 1 saturated heterocycles. The summed E-state index contributed by atoms with van der Waals surface area (Å²) in [5.41, 5.74) is 2.44. The lowest BCUT2D eigenvalue weighted by Crippen LogP contribution is -2.48. The number of benzene rings is 3. The second-order valence-electron chi connectivity index (χ2n) is 7.93. The van der Waals surface area contributed by atoms with Gasteiger partial charge in [0.15, 0.2) is 0 Å². The molecule has 2 amide bonds. The highest BCUT2D eigenvalue weighted by Crippen LogP contribution is 2.18. The van der Waals surface area contributed by atoms with E-state index in [2.05, 4.69) is 15.5 Å². The second-order valence-corrected chi connectivity index (χ2v) is 7.93. The van der Waals surface area contributed by atoms with Gasteiger partial charge in [-0.2, -0.15) is 5.26 Å². The molecule has 0 spiro atoms. The number of hydrogen-bond acceptors (Lipinski definition) is 5. The van der Waals surface area contributed by atoms with Gasteiger partial charge in [-0.3, -0.25) is 9.59 Å². The molecule has 1 heterocycles. The van der Waals surface area contributed by atoms with Crippen molar-refractivity contribution in [2.75, 3.05) is 37.7 Å². The van der Waals surface area contributed by atoms with Crippen LogP contribution < -0.4 is 15.5 Å². The zero-order valence-corrected chi connectivity index (χ0v) is 18.3. The van der Waals surface area contributed by atoms with Crippen LogP contribution in [0, 0.1) is 11.3 Å². The summed E-state index contributed by atoms with van der Waals surface area (Å²) in [6.45, 7) is 2.90. The highest BCUT2D eigenvalue weighted by molar-refractivity contribution is 5.98. The predicted octanol–water partition coefficient (Wildman–Crippen LogP) is 2.66. The molecule has 7 heteroatoms. The summed E-state index contributed by atoms with van der Waals surface area (Å²) < 4.78 is 5.39. The van der Waals surface area contributed by atoms with E-state index in [4.69, 9.17) is 10.00 Å². The predicted molar refractivity (Wildman–Crippen MR) is 127 cm³/mol. The summed E-state index contributed by atoms with van der Waals surface area (Å²) in [6.07, 6.45) is 0.319. The number of fused-ring (bicyclic) bond motifs is 1. The molecule has 4 rings (SSSR count). The number of anilines is 1. The van der Waals surface area contributed by atoms with Gasteiger partial charge in [0.1, 0.15) is 12.6 Å². The van der Waals surface area contributed by atoms with Crippen LogP contribution in [-0.2, 0) is 16.0 Å². The Kier molecular flexibility index (Phi) is 7.18. The van der Waals surface area contributed by atoms with Gasteiger partial charge in [-0.1, -0.05) is 42.5 Å². The van der Waals surface area contributed by atoms with Crippen molar-refractivity contribution >= 4 is 28.3 Å². The Labute approximate surface area is 193 Å². The largest absolute Gasteiger partial charge is 0.378 e. The number of ether oxygens (including phenoxy) is 1. The SMILES string of the molecule is N#CCNC(=O)C(Cc1ccc2ccccc2c1)NC(=O)c1ccc(N2CCOCC2)cc1. The molecule has 0 radical (unpaired) electrons. The fraction of sp³-hybridized carbons (Fsp3) is 0.269. The molecule has 33 heavy (non-hydrogen) atoms. The Hall–Kier alpha value is -3.89. The van der Waals surface area contributed by atoms with Gasteiger partial charge in [-0.15, -0.1) is 0 Å². The number of carbonyl (C=O) groups excluding carboxylic acids is 2. The number of amides is 2. The summed E-state index contributed by atoms with van der Waals surface area (Å²) in [5, 5.41) is 16.4. The molecule has 0 aromatic heterocycles. The molecular formula is C26H26N4O3. The minimum atomic E-state index is -0.800. The lowest BCUT2D eigenvalue weighted by molar-refractivity contribution is -0.122. The maximum Gasteiger partial charge on any atom is 0.251 e. The summed E-state index contributed by atoms with van der Waals surface area (Å²) in [4.78, 5) is 27.8. The van der Waals surface area contributed by atoms with Crippen LogP contribution in [0.5, 0.6) is 0 Å². The van der Waals surface area contributed by atoms with E-state index >= 15 is 0 Å². The van der Waals surface area contributed by atoms with Gasteiger partial charge >= 0.3 is 0 Å². The zero-order valence-electron chi connectivity index (χ0n) is 18.3. The molecule has 1 unspecified atom stereocenters. The Balaban J connectivity index is 1.48. The lowest BCUT2D eigenvalue weighted by Gasteiger charge is -2.28. The molecule has 1 atom stereocenters. The number of hydrogen-bond donors (Lipinski definition) is 2. The van der Waals surface area contributed by atoms with E-state index < -0.39 is 6.04 Å². The maximum atomic E-state index is 12.9. The summed E-state index contributed by atoms with van der Waals surface area (Å²) >= 11 is 0. The van der Waals surface area contributed by atoms with Gasteiger partial charge in [-0.25, -0.2) is 0 Å². The molecule has 2 N–H and O–H groups in total. The lowest BCUT2D eigenvalue weighted by atomic mass is 10.0. The molecule has 0 bridgehead atoms. The molecule has 1 aliphatic rings. The Morgan fingerprint density at radius 2 is 1.73 bits per heavy atom. The first-order chi connectivity index (χ1) is 16.1. The minimum Gasteiger partial charge on any atom is -0.378 e. The third-order valence-corrected chi connectivity index (χ3v) is 5.72. The average molecular weight is 443 g/mol. The third kappa shape index (κ3) is 5.68. The molecule has 0 saturated carbocycles. The fourth-order valence-electron chi connectivity index (χ4n) is 3.95. The molecule has 0 aliphatic carbocycles. The molecule has 7 nitrogen and oxygen atoms in total. The number of morpholine rings is 1. The van der Waals surface area contributed by atoms with Crippen LogP contribution in [0.15, 0.2) is 66.7 Å². The number of nitriles is 1. The first kappa shape index (κ1) is 22.3. The Morgan fingerprint density at radius 3 is 2.45 bits per heavy atom. The summed E-state index contributed by atoms with van der Waals surface area (Å²) in [7, 11) is 0. The van der Waals surface area contributed by atoms with Crippen molar-refractivity contribution in [3.8, 4) is 6.07 Å². The zero-order chi connectivity index (χ0) is 23.0. The number of rotatable bonds is 7. The van der Waals surface area contributed by atoms with E-state index in [9.17, 15) is 9.59 Å². The van der Waals surface area contributed by atoms with E-state index in [1.807, 2.05) is 60.7 Å². The number of nitrogens with one attached hydrogen (secondary N) is 2. The first-order valence-corrected chi connectivity index (χ1v) is 11.0. The average Bonchev–Trinajstić information content (AvgIpc) is 2.87. The fourth-order valence-corrected chi connectivity index (χ4v) is 3.95. The van der Waals surface area contributed by atoms with Crippen molar-refractivity contribution in [3.63, 3.8) is 0 Å². The van der Waals surface area contributed by atoms with Crippen LogP contribution in [0.3, 0.4) is 0 Å². The van der Waals surface area contributed by atoms with Crippen molar-refractivity contribution in [1.82, 2.24) is 10.6 Å². The molecule has 168 valence electrons. The second kappa shape index (κ2) is 10.6. The summed E-state index contributed by atoms with van der Waals surface area (Å²) in [5.74, 6) is -0.718. The van der Waals surface area contributed by atoms with E-state index in [1.165, 1.54) is 0 Å². The summed E-state index contributed by atoms with van der Waals surface area (Å²) in [6, 6.07) is 22.4. The highest BCUT2D eigenvalue weighted by atomic mass is 16.5. The van der Waals surface area contributed by atoms with Crippen molar-refractivity contribution in [2.45, 2.75) is 12.5 Å². The van der Waals surface area contributed by atoms with E-state index in [0.717, 1.165) is 35.1 Å². The molecular weight excluding hydrogens is 416 g/mol. The van der Waals surface area contributed by atoms with Crippen LogP contribution in [0.1, 0.15) is 15.9 Å². The van der Waals surface area contributed by atoms with Crippen molar-refractivity contribution < 1.29 is 14.3 Å². The van der Waals surface area contributed by atoms with Crippen molar-refractivity contribution in [2.24, 2.45) is 0 Å². The van der Waals surface area contributed by atoms with E-state index in [0.29, 0.717) is 25.2 Å². The molecule has 3 aromatic carbocycles. The highest BCUT2D eigenvalue weighted by Gasteiger charge is 2.22. The van der Waals surface area contributed by atoms with Crippen LogP contribution in [0.25, 0.3) is 10.8 Å². The maximum absolute atomic E-state index is 12.9. The normalized spacial score (nSPS) is 14.3. The van der Waals surface area contributed by atoms with Gasteiger partial charge < -0.3 is 20.3 Å². The van der Waals surface area contributed by atoms with E-state index in [1.54, 1.807) is 12.1 Å². The van der Waals surface area contributed by atoms with Gasteiger partial charge in [-0.05, 0) is 40.6 Å². The molecule has 1 aliphatic heterocycles. The monoisotopic (exact) mass is 442 g/mol. The number of carbonyl (C=O) groups is 2. The van der Waals surface area contributed by atoms with Crippen LogP contribution in [0.4, 0.5) is 5.69 Å². The smallest absolute Gasteiger partial charge is 0.251 e. The van der Waals surface area contributed by atoms with Gasteiger partial charge in [0, 0.05) is 30.8 Å². The standard InChI is InChI=1S/C26H26N4O3/c27-11-12-28-26(32)24(18-19-5-6-20-3-1-2-4-22(20)17-19)29-25(31)21-7-9-23(10-8-21)30-13-15-33-16-14-30/h1-10,17,24H,12-16,18H2,(H,28,32)(H,29,31). The first-order valence-electron chi connectivity index (χ1n) is 11.0. The van der Waals surface area contributed by atoms with Gasteiger partial charge in [0.2, 0.25) is 5.91 Å². The van der Waals surface area contributed by atoms with E-state index in [-0.39, 0.29) is 18.4 Å². The number of nitrogens with zero attached hydrogens (tertiary/aromatic N) is 2. The Morgan fingerprint density at radius 1 is 1.00 bits per heavy atom. The van der Waals surface area contributed by atoms with Crippen molar-refractivity contribution in [3.05, 3.63) is 77.9 Å². The third-order valence-electron chi connectivity index (χ3n) is 5.72. The van der Waals surface area contributed by atoms with Gasteiger partial charge in [0.05, 0.1) is 19.3 Å². The quantitative estimate of drug-likeness (QED) is 0.549. The molecule has 3 aromatic rings. The van der Waals surface area contributed by atoms with Crippen LogP contribution in [0.2, 0.25) is 0 Å². The van der Waals surface area contributed by atoms with Crippen LogP contribution in [-0.4, -0.2) is 50.7 Å². The van der Waals surface area contributed by atoms with Crippen molar-refractivity contribution in [1.29, 1.82) is 5.26 Å². The minimum absolute atomic E-state index is 0.114. The van der Waals surface area contributed by atoms with Gasteiger partial charge in [0.25, 0.3) is 5.91 Å².